The number of aryl methyl sites for hydroxylation is 1. The van der Waals surface area contributed by atoms with Gasteiger partial charge in [-0.2, -0.15) is 0 Å². The van der Waals surface area contributed by atoms with Gasteiger partial charge in [-0.15, -0.1) is 0 Å². The van der Waals surface area contributed by atoms with Crippen LogP contribution in [-0.2, 0) is 20.7 Å². The fraction of sp³-hybridized carbons (Fsp3) is 0.250. The van der Waals surface area contributed by atoms with Crippen LogP contribution in [0.5, 0.6) is 5.75 Å². The number of nitrogens with one attached hydrogen (secondary N) is 2. The zero-order valence-electron chi connectivity index (χ0n) is 15.4. The number of esters is 1. The van der Waals surface area contributed by atoms with E-state index >= 15 is 0 Å². The summed E-state index contributed by atoms with van der Waals surface area (Å²) in [5.41, 5.74) is 5.63. The molecule has 8 heteroatoms. The number of hydrazine groups is 1. The topological polar surface area (TPSA) is 93.7 Å². The normalized spacial score (nSPS) is 10.1. The molecule has 0 saturated carbocycles. The maximum Gasteiger partial charge on any atom is 0.306 e. The molecule has 0 aliphatic heterocycles. The molecule has 0 spiro atoms. The third-order valence-electron chi connectivity index (χ3n) is 3.66. The van der Waals surface area contributed by atoms with Gasteiger partial charge in [0.25, 0.3) is 11.8 Å². The Morgan fingerprint density at radius 1 is 1.00 bits per heavy atom. The molecule has 0 saturated heterocycles. The van der Waals surface area contributed by atoms with Crippen molar-refractivity contribution in [3.63, 3.8) is 0 Å². The highest BCUT2D eigenvalue weighted by atomic mass is 35.5. The van der Waals surface area contributed by atoms with Gasteiger partial charge >= 0.3 is 5.97 Å². The van der Waals surface area contributed by atoms with Gasteiger partial charge in [0, 0.05) is 17.0 Å². The number of ether oxygens (including phenoxy) is 2. The van der Waals surface area contributed by atoms with Crippen LogP contribution in [-0.4, -0.2) is 31.0 Å². The van der Waals surface area contributed by atoms with Crippen molar-refractivity contribution in [3.05, 3.63) is 64.7 Å². The van der Waals surface area contributed by atoms with Crippen LogP contribution in [0.2, 0.25) is 5.02 Å². The van der Waals surface area contributed by atoms with Gasteiger partial charge in [-0.25, -0.2) is 0 Å². The molecule has 148 valence electrons. The first kappa shape index (κ1) is 21.2. The van der Waals surface area contributed by atoms with Crippen LogP contribution in [0, 0.1) is 0 Å². The molecular weight excluding hydrogens is 384 g/mol. The number of halogens is 1. The van der Waals surface area contributed by atoms with Crippen LogP contribution in [0.4, 0.5) is 0 Å². The largest absolute Gasteiger partial charge is 0.494 e. The molecule has 2 aromatic carbocycles. The second-order valence-electron chi connectivity index (χ2n) is 5.71. The van der Waals surface area contributed by atoms with Crippen LogP contribution in [0.3, 0.4) is 0 Å². The van der Waals surface area contributed by atoms with Crippen LogP contribution < -0.4 is 15.6 Å². The van der Waals surface area contributed by atoms with Crippen LogP contribution in [0.25, 0.3) is 0 Å². The van der Waals surface area contributed by atoms with Gasteiger partial charge in [-0.1, -0.05) is 29.8 Å². The monoisotopic (exact) mass is 404 g/mol. The third kappa shape index (κ3) is 6.92. The van der Waals surface area contributed by atoms with E-state index in [0.717, 1.165) is 11.3 Å². The first-order chi connectivity index (χ1) is 13.5. The van der Waals surface area contributed by atoms with Gasteiger partial charge in [0.05, 0.1) is 6.61 Å². The van der Waals surface area contributed by atoms with Crippen molar-refractivity contribution in [2.75, 3.05) is 13.2 Å². The van der Waals surface area contributed by atoms with Crippen molar-refractivity contribution in [1.29, 1.82) is 0 Å². The summed E-state index contributed by atoms with van der Waals surface area (Å²) in [6, 6.07) is 13.6. The lowest BCUT2D eigenvalue weighted by Gasteiger charge is -2.10. The fourth-order valence-corrected chi connectivity index (χ4v) is 2.42. The number of rotatable bonds is 8. The van der Waals surface area contributed by atoms with Crippen LogP contribution >= 0.6 is 11.6 Å². The number of benzene rings is 2. The molecule has 2 amide bonds. The van der Waals surface area contributed by atoms with Gasteiger partial charge in [0.1, 0.15) is 5.75 Å². The van der Waals surface area contributed by atoms with Crippen LogP contribution in [0.15, 0.2) is 48.5 Å². The summed E-state index contributed by atoms with van der Waals surface area (Å²) in [5.74, 6) is -0.958. The molecule has 0 atom stereocenters. The number of hydrogen-bond donors (Lipinski definition) is 2. The lowest BCUT2D eigenvalue weighted by atomic mass is 10.1. The van der Waals surface area contributed by atoms with E-state index in [1.165, 1.54) is 12.1 Å². The van der Waals surface area contributed by atoms with E-state index in [1.54, 1.807) is 12.1 Å². The quantitative estimate of drug-likeness (QED) is 0.521. The highest BCUT2D eigenvalue weighted by molar-refractivity contribution is 6.30. The number of hydrogen-bond acceptors (Lipinski definition) is 5. The summed E-state index contributed by atoms with van der Waals surface area (Å²) in [6.45, 7) is 1.92. The summed E-state index contributed by atoms with van der Waals surface area (Å²) in [6.07, 6.45) is 0.540. The van der Waals surface area contributed by atoms with Crippen molar-refractivity contribution in [2.45, 2.75) is 19.8 Å². The molecule has 0 radical (unpaired) electrons. The Balaban J connectivity index is 1.70. The molecule has 0 unspecified atom stereocenters. The second-order valence-corrected chi connectivity index (χ2v) is 6.15. The fourth-order valence-electron chi connectivity index (χ4n) is 2.30. The Hall–Kier alpha value is -3.06. The van der Waals surface area contributed by atoms with E-state index in [-0.39, 0.29) is 6.42 Å². The SMILES string of the molecule is CCOc1ccccc1CCC(=O)OCC(=O)NNC(=O)c1ccc(Cl)cc1. The minimum Gasteiger partial charge on any atom is -0.494 e. The molecular formula is C20H21ClN2O5. The zero-order valence-corrected chi connectivity index (χ0v) is 16.1. The van der Waals surface area contributed by atoms with E-state index in [9.17, 15) is 14.4 Å². The predicted molar refractivity (Wildman–Crippen MR) is 104 cm³/mol. The van der Waals surface area contributed by atoms with Crippen molar-refractivity contribution in [3.8, 4) is 5.75 Å². The number of carbonyl (C=O) groups is 3. The molecule has 7 nitrogen and oxygen atoms in total. The van der Waals surface area contributed by atoms with Crippen molar-refractivity contribution >= 4 is 29.4 Å². The Bertz CT molecular complexity index is 824. The van der Waals surface area contributed by atoms with Crippen LogP contribution in [0.1, 0.15) is 29.3 Å². The number of carbonyl (C=O) groups excluding carboxylic acids is 3. The molecule has 0 aliphatic carbocycles. The Morgan fingerprint density at radius 2 is 1.71 bits per heavy atom. The predicted octanol–water partition coefficient (Wildman–Crippen LogP) is 2.68. The zero-order chi connectivity index (χ0) is 20.4. The highest BCUT2D eigenvalue weighted by Gasteiger charge is 2.11. The molecule has 0 bridgehead atoms. The van der Waals surface area contributed by atoms with E-state index in [1.807, 2.05) is 31.2 Å². The van der Waals surface area contributed by atoms with E-state index in [0.29, 0.717) is 23.6 Å². The van der Waals surface area contributed by atoms with Gasteiger partial charge in [0.15, 0.2) is 6.61 Å². The Kier molecular flexibility index (Phi) is 8.30. The van der Waals surface area contributed by atoms with E-state index < -0.39 is 24.4 Å². The van der Waals surface area contributed by atoms with Crippen molar-refractivity contribution in [2.24, 2.45) is 0 Å². The van der Waals surface area contributed by atoms with Crippen molar-refractivity contribution in [1.82, 2.24) is 10.9 Å². The average Bonchev–Trinajstić information content (AvgIpc) is 2.70. The Labute approximate surface area is 167 Å². The van der Waals surface area contributed by atoms with Gasteiger partial charge in [0.2, 0.25) is 0 Å². The average molecular weight is 405 g/mol. The van der Waals surface area contributed by atoms with Gasteiger partial charge in [-0.05, 0) is 49.2 Å². The molecule has 0 fully saturated rings. The van der Waals surface area contributed by atoms with Crippen molar-refractivity contribution < 1.29 is 23.9 Å². The van der Waals surface area contributed by atoms with E-state index in [4.69, 9.17) is 21.1 Å². The molecule has 2 N–H and O–H groups in total. The summed E-state index contributed by atoms with van der Waals surface area (Å²) in [7, 11) is 0. The first-order valence-electron chi connectivity index (χ1n) is 8.70. The molecule has 0 heterocycles. The van der Waals surface area contributed by atoms with E-state index in [2.05, 4.69) is 10.9 Å². The molecule has 0 aromatic heterocycles. The smallest absolute Gasteiger partial charge is 0.306 e. The second kappa shape index (κ2) is 10.9. The number of amides is 2. The Morgan fingerprint density at radius 3 is 2.43 bits per heavy atom. The third-order valence-corrected chi connectivity index (χ3v) is 3.91. The maximum absolute atomic E-state index is 11.9. The molecule has 2 rings (SSSR count). The summed E-state index contributed by atoms with van der Waals surface area (Å²) < 4.78 is 10.4. The van der Waals surface area contributed by atoms with Gasteiger partial charge < -0.3 is 9.47 Å². The summed E-state index contributed by atoms with van der Waals surface area (Å²) in [4.78, 5) is 35.4. The minimum atomic E-state index is -0.648. The summed E-state index contributed by atoms with van der Waals surface area (Å²) in [5, 5.41) is 0.497. The van der Waals surface area contributed by atoms with Gasteiger partial charge in [-0.3, -0.25) is 25.2 Å². The maximum atomic E-state index is 11.9. The minimum absolute atomic E-state index is 0.106. The molecule has 2 aromatic rings. The lowest BCUT2D eigenvalue weighted by Crippen LogP contribution is -2.43. The lowest BCUT2D eigenvalue weighted by molar-refractivity contribution is -0.148. The number of para-hydroxylation sites is 1. The summed E-state index contributed by atoms with van der Waals surface area (Å²) >= 11 is 5.75. The molecule has 28 heavy (non-hydrogen) atoms. The first-order valence-corrected chi connectivity index (χ1v) is 9.08. The highest BCUT2D eigenvalue weighted by Crippen LogP contribution is 2.19. The molecule has 0 aliphatic rings. The standard InChI is InChI=1S/C20H21ClN2O5/c1-2-27-17-6-4-3-5-14(17)9-12-19(25)28-13-18(24)22-23-20(26)15-7-10-16(21)11-8-15/h3-8,10-11H,2,9,12-13H2,1H3,(H,22,24)(H,23,26).